The summed E-state index contributed by atoms with van der Waals surface area (Å²) in [6.45, 7) is 5.12. The lowest BCUT2D eigenvalue weighted by molar-refractivity contribution is 0.900. The van der Waals surface area contributed by atoms with Crippen LogP contribution in [0.1, 0.15) is 20.3 Å². The maximum absolute atomic E-state index is 4.53. The highest BCUT2D eigenvalue weighted by molar-refractivity contribution is 7.98. The number of hydrogen-bond acceptors (Lipinski definition) is 6. The van der Waals surface area contributed by atoms with E-state index in [1.165, 1.54) is 0 Å². The second kappa shape index (κ2) is 6.60. The van der Waals surface area contributed by atoms with Gasteiger partial charge in [0, 0.05) is 18.3 Å². The summed E-state index contributed by atoms with van der Waals surface area (Å²) >= 11 is 1.81. The van der Waals surface area contributed by atoms with Gasteiger partial charge >= 0.3 is 0 Å². The van der Waals surface area contributed by atoms with Crippen LogP contribution >= 0.6 is 11.8 Å². The summed E-state index contributed by atoms with van der Waals surface area (Å²) in [5.41, 5.74) is 0.757. The van der Waals surface area contributed by atoms with Crippen LogP contribution in [-0.4, -0.2) is 44.8 Å². The molecule has 0 aliphatic carbocycles. The molecule has 0 radical (unpaired) electrons. The van der Waals surface area contributed by atoms with E-state index in [9.17, 15) is 0 Å². The average molecular weight is 280 g/mol. The lowest BCUT2D eigenvalue weighted by Crippen LogP contribution is -2.19. The number of thioether (sulfide) groups is 1. The number of aromatic amines is 1. The van der Waals surface area contributed by atoms with E-state index in [1.807, 2.05) is 11.8 Å². The van der Waals surface area contributed by atoms with Crippen molar-refractivity contribution in [2.45, 2.75) is 26.3 Å². The van der Waals surface area contributed by atoms with Gasteiger partial charge in [0.1, 0.15) is 5.82 Å². The Morgan fingerprint density at radius 1 is 1.42 bits per heavy atom. The van der Waals surface area contributed by atoms with E-state index < -0.39 is 0 Å². The fourth-order valence-electron chi connectivity index (χ4n) is 1.79. The Bertz CT molecular complexity index is 526. The molecule has 0 saturated heterocycles. The van der Waals surface area contributed by atoms with Crippen LogP contribution in [0, 0.1) is 0 Å². The van der Waals surface area contributed by atoms with Crippen molar-refractivity contribution in [2.24, 2.45) is 0 Å². The first-order chi connectivity index (χ1) is 9.24. The lowest BCUT2D eigenvalue weighted by Gasteiger charge is -2.14. The van der Waals surface area contributed by atoms with Crippen molar-refractivity contribution in [3.05, 3.63) is 6.20 Å². The van der Waals surface area contributed by atoms with Gasteiger partial charge in [-0.3, -0.25) is 5.10 Å². The number of rotatable bonds is 7. The molecule has 19 heavy (non-hydrogen) atoms. The van der Waals surface area contributed by atoms with Crippen molar-refractivity contribution in [3.8, 4) is 0 Å². The molecule has 2 heterocycles. The summed E-state index contributed by atoms with van der Waals surface area (Å²) in [4.78, 5) is 8.93. The van der Waals surface area contributed by atoms with E-state index in [2.05, 4.69) is 50.9 Å². The number of anilines is 2. The Morgan fingerprint density at radius 3 is 3.00 bits per heavy atom. The SMILES string of the molecule is CCCNc1nc(NC(C)CSC)c2cn[nH]c2n1. The molecule has 1 unspecified atom stereocenters. The van der Waals surface area contributed by atoms with Gasteiger partial charge in [0.2, 0.25) is 5.95 Å². The third kappa shape index (κ3) is 3.50. The largest absolute Gasteiger partial charge is 0.366 e. The molecule has 3 N–H and O–H groups in total. The fourth-order valence-corrected chi connectivity index (χ4v) is 2.37. The van der Waals surface area contributed by atoms with Gasteiger partial charge in [0.25, 0.3) is 0 Å². The minimum absolute atomic E-state index is 0.349. The highest BCUT2D eigenvalue weighted by Crippen LogP contribution is 2.21. The molecule has 0 aliphatic heterocycles. The highest BCUT2D eigenvalue weighted by atomic mass is 32.2. The van der Waals surface area contributed by atoms with Crippen molar-refractivity contribution in [1.82, 2.24) is 20.2 Å². The quantitative estimate of drug-likeness (QED) is 0.722. The van der Waals surface area contributed by atoms with Crippen molar-refractivity contribution >= 4 is 34.6 Å². The topological polar surface area (TPSA) is 78.5 Å². The van der Waals surface area contributed by atoms with E-state index >= 15 is 0 Å². The van der Waals surface area contributed by atoms with E-state index in [-0.39, 0.29) is 0 Å². The van der Waals surface area contributed by atoms with Crippen LogP contribution in [-0.2, 0) is 0 Å². The third-order valence-electron chi connectivity index (χ3n) is 2.64. The molecule has 104 valence electrons. The van der Waals surface area contributed by atoms with Gasteiger partial charge in [-0.15, -0.1) is 0 Å². The van der Waals surface area contributed by atoms with Crippen LogP contribution in [0.5, 0.6) is 0 Å². The third-order valence-corrected chi connectivity index (χ3v) is 3.48. The number of fused-ring (bicyclic) bond motifs is 1. The number of aromatic nitrogens is 4. The van der Waals surface area contributed by atoms with Crippen molar-refractivity contribution < 1.29 is 0 Å². The maximum Gasteiger partial charge on any atom is 0.226 e. The fraction of sp³-hybridized carbons (Fsp3) is 0.583. The van der Waals surface area contributed by atoms with E-state index in [0.29, 0.717) is 12.0 Å². The maximum atomic E-state index is 4.53. The zero-order chi connectivity index (χ0) is 13.7. The Balaban J connectivity index is 2.25. The van der Waals surface area contributed by atoms with E-state index in [4.69, 9.17) is 0 Å². The van der Waals surface area contributed by atoms with Gasteiger partial charge < -0.3 is 10.6 Å². The van der Waals surface area contributed by atoms with Gasteiger partial charge in [-0.05, 0) is 19.6 Å². The number of nitrogens with zero attached hydrogens (tertiary/aromatic N) is 3. The second-order valence-electron chi connectivity index (χ2n) is 4.46. The van der Waals surface area contributed by atoms with Crippen LogP contribution in [0.25, 0.3) is 11.0 Å². The van der Waals surface area contributed by atoms with Gasteiger partial charge in [-0.1, -0.05) is 6.92 Å². The smallest absolute Gasteiger partial charge is 0.226 e. The van der Waals surface area contributed by atoms with Crippen LogP contribution in [0.15, 0.2) is 6.20 Å². The van der Waals surface area contributed by atoms with Crippen LogP contribution < -0.4 is 10.6 Å². The summed E-state index contributed by atoms with van der Waals surface area (Å²) in [7, 11) is 0. The van der Waals surface area contributed by atoms with Crippen molar-refractivity contribution in [2.75, 3.05) is 29.2 Å². The van der Waals surface area contributed by atoms with Crippen molar-refractivity contribution in [3.63, 3.8) is 0 Å². The van der Waals surface area contributed by atoms with Crippen LogP contribution in [0.2, 0.25) is 0 Å². The molecule has 7 heteroatoms. The standard InChI is InChI=1S/C12H20N6S/c1-4-5-13-12-16-10(15-8(2)7-19-3)9-6-14-18-11(9)17-12/h6,8H,4-5,7H2,1-3H3,(H3,13,14,15,16,17,18). The van der Waals surface area contributed by atoms with Gasteiger partial charge in [0.05, 0.1) is 11.6 Å². The number of hydrogen-bond donors (Lipinski definition) is 3. The van der Waals surface area contributed by atoms with E-state index in [1.54, 1.807) is 6.20 Å². The molecule has 0 aliphatic rings. The number of nitrogens with one attached hydrogen (secondary N) is 3. The Labute approximate surface area is 117 Å². The van der Waals surface area contributed by atoms with Crippen LogP contribution in [0.4, 0.5) is 11.8 Å². The summed E-state index contributed by atoms with van der Waals surface area (Å²) < 4.78 is 0. The van der Waals surface area contributed by atoms with Crippen LogP contribution in [0.3, 0.4) is 0 Å². The molecule has 0 aromatic carbocycles. The number of H-pyrrole nitrogens is 1. The zero-order valence-electron chi connectivity index (χ0n) is 11.5. The molecular formula is C12H20N6S. The molecule has 1 atom stereocenters. The normalized spacial score (nSPS) is 12.6. The predicted octanol–water partition coefficient (Wildman–Crippen LogP) is 2.34. The molecule has 0 amide bonds. The van der Waals surface area contributed by atoms with E-state index in [0.717, 1.165) is 35.6 Å². The average Bonchev–Trinajstić information content (AvgIpc) is 2.85. The Hall–Kier alpha value is -1.50. The molecule has 6 nitrogen and oxygen atoms in total. The Kier molecular flexibility index (Phi) is 4.84. The summed E-state index contributed by atoms with van der Waals surface area (Å²) in [5.74, 6) is 2.50. The van der Waals surface area contributed by atoms with Gasteiger partial charge in [-0.2, -0.15) is 26.8 Å². The minimum Gasteiger partial charge on any atom is -0.366 e. The zero-order valence-corrected chi connectivity index (χ0v) is 12.3. The predicted molar refractivity (Wildman–Crippen MR) is 81.9 cm³/mol. The molecule has 2 rings (SSSR count). The van der Waals surface area contributed by atoms with Gasteiger partial charge in [0.15, 0.2) is 5.65 Å². The first-order valence-corrected chi connectivity index (χ1v) is 7.84. The molecule has 0 fully saturated rings. The molecule has 0 saturated carbocycles. The molecule has 0 bridgehead atoms. The minimum atomic E-state index is 0.349. The highest BCUT2D eigenvalue weighted by Gasteiger charge is 2.11. The Morgan fingerprint density at radius 2 is 2.26 bits per heavy atom. The second-order valence-corrected chi connectivity index (χ2v) is 5.37. The first kappa shape index (κ1) is 13.9. The van der Waals surface area contributed by atoms with Crippen molar-refractivity contribution in [1.29, 1.82) is 0 Å². The molecular weight excluding hydrogens is 260 g/mol. The van der Waals surface area contributed by atoms with Gasteiger partial charge in [-0.25, -0.2) is 0 Å². The molecule has 2 aromatic rings. The monoisotopic (exact) mass is 280 g/mol. The molecule has 2 aromatic heterocycles. The summed E-state index contributed by atoms with van der Waals surface area (Å²) in [6.07, 6.45) is 4.89. The lowest BCUT2D eigenvalue weighted by atomic mass is 10.3. The first-order valence-electron chi connectivity index (χ1n) is 6.45. The molecule has 0 spiro atoms. The summed E-state index contributed by atoms with van der Waals surface area (Å²) in [6, 6.07) is 0.349. The summed E-state index contributed by atoms with van der Waals surface area (Å²) in [5, 5.41) is 14.5.